The summed E-state index contributed by atoms with van der Waals surface area (Å²) in [4.78, 5) is 120. The molecule has 12 aromatic rings. The van der Waals surface area contributed by atoms with E-state index >= 15 is 0 Å². The van der Waals surface area contributed by atoms with Crippen LogP contribution in [0.25, 0.3) is 43.6 Å². The molecule has 1 amide bonds. The number of aromatic amines is 4. The van der Waals surface area contributed by atoms with E-state index < -0.39 is 11.7 Å². The molecule has 4 aromatic heterocycles. The maximum atomic E-state index is 12.4. The molecule has 426 valence electrons. The molecule has 8 aromatic carbocycles. The number of aromatic hydroxyl groups is 3. The average Bonchev–Trinajstić information content (AvgIpc) is 2.00. The second kappa shape index (κ2) is 27.7. The first-order valence-electron chi connectivity index (χ1n) is 25.6. The monoisotopic (exact) mass is 1150 g/mol. The third kappa shape index (κ3) is 12.6. The molecule has 9 N–H and O–H groups in total. The van der Waals surface area contributed by atoms with Gasteiger partial charge in [0.05, 0.1) is 34.7 Å². The SMILES string of the molecule is O=C1C(c2[nH]c3ccccc3c2O)=Nc2ccccc21.O=C1C(c2c(O)[nH]c3ccccc23)=Nc2ccccc21.O=C1CNc2ccccc21.O=C1Nc2ccccc2C1=O.O=O.O=O.O=O.Oc1c[nH]c2ccccc12.c1ccc2[nH]ccc2c1. The number of hydrogen-bond donors (Lipinski definition) is 9. The van der Waals surface area contributed by atoms with Crippen LogP contribution in [-0.2, 0) is 4.79 Å². The van der Waals surface area contributed by atoms with E-state index in [1.807, 2.05) is 128 Å². The van der Waals surface area contributed by atoms with E-state index in [4.69, 9.17) is 29.8 Å². The third-order valence-electron chi connectivity index (χ3n) is 13.4. The van der Waals surface area contributed by atoms with Crippen molar-refractivity contribution in [3.05, 3.63) is 276 Å². The van der Waals surface area contributed by atoms with Gasteiger partial charge in [-0.25, -0.2) is 9.98 Å². The Bertz CT molecular complexity index is 4500. The van der Waals surface area contributed by atoms with E-state index in [-0.39, 0.29) is 34.7 Å². The molecule has 4 aliphatic heterocycles. The number of aromatic nitrogens is 4. The van der Waals surface area contributed by atoms with Crippen LogP contribution in [-0.4, -0.2) is 82.3 Å². The number of Topliss-reactive ketones (excluding diaryl/α,β-unsaturated/α-hetero) is 4. The fraction of sp³-hybridized carbons (Fsp3) is 0.0156. The quantitative estimate of drug-likeness (QED) is 0.0726. The number of H-pyrrole nitrogens is 4. The standard InChI is InChI=1S/2C16H10N2O2.C8H5NO2.2C8H7NO.C8H7N.3O2/c19-15-9-5-1-3-7-11(9)17-13(15)14-16(20)10-6-2-4-8-12(10)18-14;19-15-10-6-2-4-8-12(10)17-14(15)13-9-5-1-3-7-11(9)18-16(13)20;10-7-5-3-1-2-4-6(5)9-8(7)11;2*10-8-5-9-7-4-2-1-3-6(7)8;1-2-4-8-7(3-1)5-6-9-8;3*1-2/h1-8,17,19H;1-8,18,20H;1-4H,(H,9,10,11);1-4,9H,5H2;1-5,9-10H;1-6,9H;;;. The van der Waals surface area contributed by atoms with Crippen molar-refractivity contribution in [1.29, 1.82) is 0 Å². The third-order valence-corrected chi connectivity index (χ3v) is 13.4. The number of para-hydroxylation sites is 8. The fourth-order valence-corrected chi connectivity index (χ4v) is 9.42. The second-order valence-electron chi connectivity index (χ2n) is 18.3. The molecule has 86 heavy (non-hydrogen) atoms. The zero-order valence-electron chi connectivity index (χ0n) is 44.6. The Morgan fingerprint density at radius 1 is 0.407 bits per heavy atom. The van der Waals surface area contributed by atoms with Crippen molar-refractivity contribution < 1.29 is 39.3 Å². The molecule has 4 aliphatic rings. The first-order chi connectivity index (χ1) is 42.0. The molecule has 16 rings (SSSR count). The van der Waals surface area contributed by atoms with Crippen LogP contribution in [0.1, 0.15) is 52.7 Å². The number of carbonyl (C=O) groups excluding carboxylic acids is 5. The summed E-state index contributed by atoms with van der Waals surface area (Å²) in [6.07, 6.45) is 3.54. The summed E-state index contributed by atoms with van der Waals surface area (Å²) in [5.74, 6) is -0.743. The minimum atomic E-state index is -0.536. The summed E-state index contributed by atoms with van der Waals surface area (Å²) in [7, 11) is 0. The molecule has 0 radical (unpaired) electrons. The van der Waals surface area contributed by atoms with Crippen LogP contribution in [0, 0.1) is 29.8 Å². The van der Waals surface area contributed by atoms with E-state index in [0.29, 0.717) is 68.4 Å². The largest absolute Gasteiger partial charge is 0.506 e. The van der Waals surface area contributed by atoms with Gasteiger partial charge in [-0.1, -0.05) is 109 Å². The van der Waals surface area contributed by atoms with Crippen LogP contribution >= 0.6 is 0 Å². The number of nitrogens with zero attached hydrogens (tertiary/aromatic N) is 2. The summed E-state index contributed by atoms with van der Waals surface area (Å²) in [6.45, 7) is 0.458. The minimum Gasteiger partial charge on any atom is -0.506 e. The van der Waals surface area contributed by atoms with E-state index in [0.717, 1.165) is 38.6 Å². The van der Waals surface area contributed by atoms with Gasteiger partial charge in [-0.15, -0.1) is 0 Å². The normalized spacial score (nSPS) is 12.3. The van der Waals surface area contributed by atoms with Gasteiger partial charge in [0.2, 0.25) is 11.6 Å². The van der Waals surface area contributed by atoms with Gasteiger partial charge >= 0.3 is 0 Å². The number of hydrogen-bond acceptors (Lipinski definition) is 17. The summed E-state index contributed by atoms with van der Waals surface area (Å²) >= 11 is 0. The lowest BCUT2D eigenvalue weighted by Gasteiger charge is -1.98. The van der Waals surface area contributed by atoms with E-state index in [1.165, 1.54) is 10.9 Å². The Hall–Kier alpha value is -12.6. The minimum absolute atomic E-state index is 0.0221. The number of benzene rings is 8. The zero-order valence-corrected chi connectivity index (χ0v) is 44.6. The van der Waals surface area contributed by atoms with Crippen LogP contribution in [0.15, 0.2) is 223 Å². The van der Waals surface area contributed by atoms with Crippen molar-refractivity contribution in [2.45, 2.75) is 0 Å². The molecular formula is C64H46N8O14. The van der Waals surface area contributed by atoms with Gasteiger partial charge < -0.3 is 45.9 Å². The summed E-state index contributed by atoms with van der Waals surface area (Å²) < 4.78 is 0. The van der Waals surface area contributed by atoms with Gasteiger partial charge in [-0.2, -0.15) is 0 Å². The van der Waals surface area contributed by atoms with Crippen molar-refractivity contribution >= 4 is 107 Å². The molecule has 0 spiro atoms. The Morgan fingerprint density at radius 2 is 0.895 bits per heavy atom. The Morgan fingerprint density at radius 3 is 1.49 bits per heavy atom. The van der Waals surface area contributed by atoms with Gasteiger partial charge in [0.25, 0.3) is 11.7 Å². The molecule has 0 unspecified atom stereocenters. The molecular weight excluding hydrogens is 1100 g/mol. The second-order valence-corrected chi connectivity index (χ2v) is 18.3. The van der Waals surface area contributed by atoms with Crippen LogP contribution in [0.4, 0.5) is 22.7 Å². The lowest BCUT2D eigenvalue weighted by atomic mass is 10.0. The molecule has 0 fully saturated rings. The smallest absolute Gasteiger partial charge is 0.296 e. The molecule has 22 heteroatoms. The lowest BCUT2D eigenvalue weighted by molar-refractivity contribution is -0.112. The maximum Gasteiger partial charge on any atom is 0.296 e. The number of rotatable bonds is 2. The van der Waals surface area contributed by atoms with Crippen molar-refractivity contribution in [2.24, 2.45) is 9.98 Å². The zero-order chi connectivity index (χ0) is 61.3. The number of anilines is 2. The first kappa shape index (κ1) is 59.5. The molecule has 8 heterocycles. The highest BCUT2D eigenvalue weighted by molar-refractivity contribution is 6.57. The van der Waals surface area contributed by atoms with Crippen LogP contribution in [0.5, 0.6) is 17.4 Å². The fourth-order valence-electron chi connectivity index (χ4n) is 9.42. The topological polar surface area (TPSA) is 360 Å². The van der Waals surface area contributed by atoms with Crippen molar-refractivity contribution in [1.82, 2.24) is 19.9 Å². The van der Waals surface area contributed by atoms with E-state index in [2.05, 4.69) is 58.8 Å². The first-order valence-corrected chi connectivity index (χ1v) is 25.6. The summed E-state index contributed by atoms with van der Waals surface area (Å²) in [5.41, 5.74) is 10.5. The lowest BCUT2D eigenvalue weighted by Crippen LogP contribution is -2.12. The predicted molar refractivity (Wildman–Crippen MR) is 331 cm³/mol. The number of aliphatic imine (C=N–C) groups is 2. The molecule has 0 aliphatic carbocycles. The molecule has 0 atom stereocenters. The maximum absolute atomic E-state index is 12.4. The van der Waals surface area contributed by atoms with Crippen molar-refractivity contribution in [3.8, 4) is 17.4 Å². The van der Waals surface area contributed by atoms with Gasteiger partial charge in [-0.3, -0.25) is 24.0 Å². The Kier molecular flexibility index (Phi) is 19.2. The van der Waals surface area contributed by atoms with Crippen molar-refractivity contribution in [2.75, 3.05) is 17.2 Å². The summed E-state index contributed by atoms with van der Waals surface area (Å²) in [6, 6.07) is 61.5. The van der Waals surface area contributed by atoms with Gasteiger partial charge in [0.1, 0.15) is 22.9 Å². The van der Waals surface area contributed by atoms with E-state index in [9.17, 15) is 39.3 Å². The number of nitrogens with one attached hydrogen (secondary N) is 6. The van der Waals surface area contributed by atoms with Crippen LogP contribution in [0.2, 0.25) is 0 Å². The Balaban J connectivity index is 0.000000136. The predicted octanol–water partition coefficient (Wildman–Crippen LogP) is 12.7. The molecule has 0 saturated carbocycles. The number of amides is 1. The number of fused-ring (bicyclic) bond motifs is 8. The number of ketones is 4. The Labute approximate surface area is 484 Å². The van der Waals surface area contributed by atoms with Gasteiger partial charge in [0, 0.05) is 103 Å². The van der Waals surface area contributed by atoms with Gasteiger partial charge in [-0.05, 0) is 96.4 Å². The molecule has 0 bridgehead atoms. The van der Waals surface area contributed by atoms with Crippen LogP contribution in [0.3, 0.4) is 0 Å². The van der Waals surface area contributed by atoms with Gasteiger partial charge in [0.15, 0.2) is 17.4 Å². The highest BCUT2D eigenvalue weighted by Crippen LogP contribution is 2.37. The van der Waals surface area contributed by atoms with Crippen LogP contribution < -0.4 is 10.6 Å². The number of carbonyl (C=O) groups is 5. The summed E-state index contributed by atoms with van der Waals surface area (Å²) in [5, 5.41) is 38.7. The van der Waals surface area contributed by atoms with Crippen molar-refractivity contribution in [3.63, 3.8) is 0 Å². The molecule has 22 nitrogen and oxygen atoms in total. The van der Waals surface area contributed by atoms with E-state index in [1.54, 1.807) is 66.9 Å². The highest BCUT2D eigenvalue weighted by Gasteiger charge is 2.31. The molecule has 0 saturated heterocycles. The average molecular weight is 1150 g/mol. The highest BCUT2D eigenvalue weighted by atomic mass is 16.7.